The van der Waals surface area contributed by atoms with Crippen molar-refractivity contribution in [1.82, 2.24) is 4.98 Å². The molecule has 0 saturated carbocycles. The van der Waals surface area contributed by atoms with Gasteiger partial charge in [0.1, 0.15) is 12.6 Å². The summed E-state index contributed by atoms with van der Waals surface area (Å²) in [5, 5.41) is 0. The van der Waals surface area contributed by atoms with Crippen LogP contribution in [0, 0.1) is 0 Å². The van der Waals surface area contributed by atoms with Crippen LogP contribution in [0.3, 0.4) is 0 Å². The molecule has 0 N–H and O–H groups in total. The molecule has 0 radical (unpaired) electrons. The second-order valence-electron chi connectivity index (χ2n) is 3.25. The SMILES string of the molecule is CCc1cccc(C2=C[N+](C)=C2)n1. The first kappa shape index (κ1) is 8.17. The number of pyridine rings is 1. The third kappa shape index (κ3) is 1.52. The monoisotopic (exact) mass is 173 g/mol. The van der Waals surface area contributed by atoms with Crippen molar-refractivity contribution >= 4 is 11.8 Å². The molecule has 2 rings (SSSR count). The van der Waals surface area contributed by atoms with Crippen molar-refractivity contribution in [2.75, 3.05) is 7.05 Å². The number of nitrogens with zero attached hydrogens (tertiary/aromatic N) is 2. The fraction of sp³-hybridized carbons (Fsp3) is 0.273. The molecule has 2 heteroatoms. The van der Waals surface area contributed by atoms with Crippen molar-refractivity contribution in [3.05, 3.63) is 35.8 Å². The molecule has 0 amide bonds. The Morgan fingerprint density at radius 3 is 2.77 bits per heavy atom. The Kier molecular flexibility index (Phi) is 1.97. The minimum atomic E-state index is 0.997. The molecule has 13 heavy (non-hydrogen) atoms. The Morgan fingerprint density at radius 2 is 2.15 bits per heavy atom. The highest BCUT2D eigenvalue weighted by molar-refractivity contribution is 6.09. The lowest BCUT2D eigenvalue weighted by Gasteiger charge is -2.05. The molecule has 66 valence electrons. The third-order valence-corrected chi connectivity index (χ3v) is 2.15. The number of aryl methyl sites for hydroxylation is 1. The van der Waals surface area contributed by atoms with Gasteiger partial charge in [-0.15, -0.1) is 0 Å². The molecule has 1 aromatic heterocycles. The van der Waals surface area contributed by atoms with Gasteiger partial charge in [0.25, 0.3) is 0 Å². The van der Waals surface area contributed by atoms with Crippen LogP contribution in [0.5, 0.6) is 0 Å². The summed E-state index contributed by atoms with van der Waals surface area (Å²) in [6, 6.07) is 6.18. The van der Waals surface area contributed by atoms with Crippen molar-refractivity contribution in [2.24, 2.45) is 0 Å². The summed E-state index contributed by atoms with van der Waals surface area (Å²) in [5.41, 5.74) is 3.46. The highest BCUT2D eigenvalue weighted by Crippen LogP contribution is 2.14. The molecule has 0 aliphatic carbocycles. The van der Waals surface area contributed by atoms with Crippen LogP contribution in [-0.4, -0.2) is 22.8 Å². The Hall–Kier alpha value is -1.44. The lowest BCUT2D eigenvalue weighted by atomic mass is 10.1. The maximum atomic E-state index is 4.52. The van der Waals surface area contributed by atoms with E-state index in [1.54, 1.807) is 0 Å². The molecule has 1 aliphatic heterocycles. The van der Waals surface area contributed by atoms with Gasteiger partial charge in [-0.05, 0) is 18.6 Å². The molecule has 0 aromatic carbocycles. The van der Waals surface area contributed by atoms with Crippen LogP contribution < -0.4 is 0 Å². The molecule has 2 nitrogen and oxygen atoms in total. The first-order chi connectivity index (χ1) is 6.29. The van der Waals surface area contributed by atoms with Crippen LogP contribution in [0.4, 0.5) is 0 Å². The van der Waals surface area contributed by atoms with Crippen molar-refractivity contribution in [3.63, 3.8) is 0 Å². The zero-order valence-corrected chi connectivity index (χ0v) is 7.99. The van der Waals surface area contributed by atoms with Gasteiger partial charge in [-0.25, -0.2) is 4.58 Å². The van der Waals surface area contributed by atoms with Crippen molar-refractivity contribution < 1.29 is 4.58 Å². The molecular weight excluding hydrogens is 160 g/mol. The maximum Gasteiger partial charge on any atom is 0.184 e. The smallest absolute Gasteiger partial charge is 0.184 e. The van der Waals surface area contributed by atoms with E-state index in [1.165, 1.54) is 5.57 Å². The average Bonchev–Trinajstić information content (AvgIpc) is 2.13. The minimum Gasteiger partial charge on any atom is -0.252 e. The standard InChI is InChI=1S/C11H13N2/c1-3-10-5-4-6-11(12-10)9-7-13(2)8-9/h4-8H,3H2,1-2H3/q+1. The molecule has 0 spiro atoms. The van der Waals surface area contributed by atoms with Gasteiger partial charge >= 0.3 is 0 Å². The summed E-state index contributed by atoms with van der Waals surface area (Å²) in [5.74, 6) is 0. The van der Waals surface area contributed by atoms with Crippen LogP contribution >= 0.6 is 0 Å². The van der Waals surface area contributed by atoms with E-state index < -0.39 is 0 Å². The van der Waals surface area contributed by atoms with Gasteiger partial charge in [-0.3, -0.25) is 4.98 Å². The molecule has 1 aromatic rings. The predicted octanol–water partition coefficient (Wildman–Crippen LogP) is 1.71. The zero-order chi connectivity index (χ0) is 9.26. The van der Waals surface area contributed by atoms with E-state index in [9.17, 15) is 0 Å². The first-order valence-electron chi connectivity index (χ1n) is 4.54. The highest BCUT2D eigenvalue weighted by Gasteiger charge is 2.15. The normalized spacial score (nSPS) is 14.6. The quantitative estimate of drug-likeness (QED) is 0.622. The predicted molar refractivity (Wildman–Crippen MR) is 53.8 cm³/mol. The van der Waals surface area contributed by atoms with Crippen LogP contribution in [0.1, 0.15) is 18.3 Å². The van der Waals surface area contributed by atoms with Gasteiger partial charge in [-0.1, -0.05) is 13.0 Å². The lowest BCUT2D eigenvalue weighted by molar-refractivity contribution is -0.423. The number of aromatic nitrogens is 1. The van der Waals surface area contributed by atoms with Gasteiger partial charge in [-0.2, -0.15) is 0 Å². The molecule has 0 saturated heterocycles. The van der Waals surface area contributed by atoms with Crippen molar-refractivity contribution in [1.29, 1.82) is 0 Å². The fourth-order valence-electron chi connectivity index (χ4n) is 1.40. The summed E-state index contributed by atoms with van der Waals surface area (Å²) in [4.78, 5) is 4.52. The summed E-state index contributed by atoms with van der Waals surface area (Å²) >= 11 is 0. The lowest BCUT2D eigenvalue weighted by Crippen LogP contribution is -2.12. The van der Waals surface area contributed by atoms with Crippen LogP contribution in [0.15, 0.2) is 24.4 Å². The summed E-state index contributed by atoms with van der Waals surface area (Å²) in [6.07, 6.45) is 5.17. The topological polar surface area (TPSA) is 15.9 Å². The number of hydrogen-bond acceptors (Lipinski definition) is 1. The second kappa shape index (κ2) is 3.13. The number of rotatable bonds is 2. The van der Waals surface area contributed by atoms with Gasteiger partial charge in [0.2, 0.25) is 0 Å². The zero-order valence-electron chi connectivity index (χ0n) is 7.99. The van der Waals surface area contributed by atoms with E-state index in [2.05, 4.69) is 42.5 Å². The fourth-order valence-corrected chi connectivity index (χ4v) is 1.40. The maximum absolute atomic E-state index is 4.52. The Labute approximate surface area is 78.3 Å². The van der Waals surface area contributed by atoms with Crippen molar-refractivity contribution in [3.8, 4) is 0 Å². The molecule has 0 fully saturated rings. The second-order valence-corrected chi connectivity index (χ2v) is 3.25. The molecule has 0 atom stereocenters. The summed E-state index contributed by atoms with van der Waals surface area (Å²) < 4.78 is 2.04. The summed E-state index contributed by atoms with van der Waals surface area (Å²) in [6.45, 7) is 2.12. The molecular formula is C11H13N2+. The van der Waals surface area contributed by atoms with Gasteiger partial charge in [0, 0.05) is 5.69 Å². The van der Waals surface area contributed by atoms with Crippen LogP contribution in [0.2, 0.25) is 0 Å². The van der Waals surface area contributed by atoms with E-state index in [0.29, 0.717) is 0 Å². The number of allylic oxidation sites excluding steroid dienone is 1. The van der Waals surface area contributed by atoms with Crippen LogP contribution in [0.25, 0.3) is 5.57 Å². The van der Waals surface area contributed by atoms with Crippen LogP contribution in [-0.2, 0) is 6.42 Å². The third-order valence-electron chi connectivity index (χ3n) is 2.15. The van der Waals surface area contributed by atoms with Gasteiger partial charge < -0.3 is 0 Å². The number of hydrogen-bond donors (Lipinski definition) is 0. The average molecular weight is 173 g/mol. The van der Waals surface area contributed by atoms with E-state index >= 15 is 0 Å². The summed E-state index contributed by atoms with van der Waals surface area (Å²) in [7, 11) is 2.02. The Balaban J connectivity index is 2.27. The van der Waals surface area contributed by atoms with Gasteiger partial charge in [0.15, 0.2) is 12.4 Å². The highest BCUT2D eigenvalue weighted by atomic mass is 15.0. The van der Waals surface area contributed by atoms with E-state index in [4.69, 9.17) is 0 Å². The van der Waals surface area contributed by atoms with E-state index in [0.717, 1.165) is 17.8 Å². The molecule has 2 heterocycles. The van der Waals surface area contributed by atoms with Crippen molar-refractivity contribution in [2.45, 2.75) is 13.3 Å². The largest absolute Gasteiger partial charge is 0.252 e. The Bertz CT molecular complexity index is 389. The Morgan fingerprint density at radius 1 is 1.38 bits per heavy atom. The van der Waals surface area contributed by atoms with E-state index in [1.807, 2.05) is 11.6 Å². The minimum absolute atomic E-state index is 0.997. The first-order valence-corrected chi connectivity index (χ1v) is 4.54. The van der Waals surface area contributed by atoms with E-state index in [-0.39, 0.29) is 0 Å². The van der Waals surface area contributed by atoms with Gasteiger partial charge in [0.05, 0.1) is 5.69 Å². The molecule has 1 aliphatic rings. The molecule has 0 unspecified atom stereocenters. The molecule has 0 bridgehead atoms.